The lowest BCUT2D eigenvalue weighted by Gasteiger charge is -2.16. The van der Waals surface area contributed by atoms with Gasteiger partial charge in [-0.1, -0.05) is 0 Å². The summed E-state index contributed by atoms with van der Waals surface area (Å²) in [5, 5.41) is 3.09. The van der Waals surface area contributed by atoms with Gasteiger partial charge in [0.1, 0.15) is 5.82 Å². The summed E-state index contributed by atoms with van der Waals surface area (Å²) in [5.41, 5.74) is 0. The van der Waals surface area contributed by atoms with Gasteiger partial charge in [-0.25, -0.2) is 4.98 Å². The molecule has 2 aliphatic rings. The Labute approximate surface area is 124 Å². The first-order valence-electron chi connectivity index (χ1n) is 7.55. The molecule has 2 atom stereocenters. The first-order valence-corrected chi connectivity index (χ1v) is 7.55. The Morgan fingerprint density at radius 3 is 2.95 bits per heavy atom. The zero-order valence-electron chi connectivity index (χ0n) is 12.4. The average Bonchev–Trinajstić information content (AvgIpc) is 3.25. The largest absolute Gasteiger partial charge is 0.384 e. The fraction of sp³-hybridized carbons (Fsp3) is 0.667. The molecule has 1 aromatic heterocycles. The standard InChI is InChI=1S/C15H22N4O2/c1-21-10-12-8-19(14-7-16-4-5-17-14)9-13(12)15(20)18-6-11-2-3-11/h4-5,7,11-13H,2-3,6,8-10H2,1H3,(H,18,20)/t12-,13+/m0/s1. The highest BCUT2D eigenvalue weighted by molar-refractivity contribution is 5.80. The van der Waals surface area contributed by atoms with E-state index in [1.165, 1.54) is 12.8 Å². The van der Waals surface area contributed by atoms with Crippen LogP contribution in [0.1, 0.15) is 12.8 Å². The summed E-state index contributed by atoms with van der Waals surface area (Å²) in [5.74, 6) is 1.85. The molecule has 114 valence electrons. The van der Waals surface area contributed by atoms with Crippen LogP contribution in [0.3, 0.4) is 0 Å². The van der Waals surface area contributed by atoms with E-state index in [0.29, 0.717) is 19.1 Å². The molecule has 1 saturated heterocycles. The number of hydrogen-bond donors (Lipinski definition) is 1. The molecule has 1 amide bonds. The molecule has 1 N–H and O–H groups in total. The van der Waals surface area contributed by atoms with Gasteiger partial charge in [0, 0.05) is 45.1 Å². The average molecular weight is 290 g/mol. The number of ether oxygens (including phenoxy) is 1. The highest BCUT2D eigenvalue weighted by atomic mass is 16.5. The van der Waals surface area contributed by atoms with E-state index < -0.39 is 0 Å². The minimum atomic E-state index is -0.0364. The Balaban J connectivity index is 1.64. The molecule has 0 spiro atoms. The third-order valence-electron chi connectivity index (χ3n) is 4.29. The minimum absolute atomic E-state index is 0.0364. The molecule has 1 aliphatic carbocycles. The Morgan fingerprint density at radius 2 is 2.29 bits per heavy atom. The molecule has 6 heteroatoms. The second-order valence-corrected chi connectivity index (χ2v) is 5.98. The van der Waals surface area contributed by atoms with Gasteiger partial charge in [0.05, 0.1) is 18.7 Å². The summed E-state index contributed by atoms with van der Waals surface area (Å²) in [6.07, 6.45) is 7.58. The van der Waals surface area contributed by atoms with Gasteiger partial charge in [-0.2, -0.15) is 0 Å². The Bertz CT molecular complexity index is 478. The molecule has 0 bridgehead atoms. The van der Waals surface area contributed by atoms with Crippen LogP contribution < -0.4 is 10.2 Å². The maximum Gasteiger partial charge on any atom is 0.225 e. The molecular formula is C15H22N4O2. The highest BCUT2D eigenvalue weighted by Gasteiger charge is 2.38. The van der Waals surface area contributed by atoms with Crippen LogP contribution in [0.15, 0.2) is 18.6 Å². The number of hydrogen-bond acceptors (Lipinski definition) is 5. The number of methoxy groups -OCH3 is 1. The van der Waals surface area contributed by atoms with Gasteiger partial charge in [0.25, 0.3) is 0 Å². The quantitative estimate of drug-likeness (QED) is 0.835. The van der Waals surface area contributed by atoms with Crippen molar-refractivity contribution in [2.45, 2.75) is 12.8 Å². The SMILES string of the molecule is COC[C@@H]1CN(c2cnccn2)C[C@H]1C(=O)NCC1CC1. The number of nitrogens with zero attached hydrogens (tertiary/aromatic N) is 3. The molecule has 21 heavy (non-hydrogen) atoms. The van der Waals surface area contributed by atoms with E-state index in [0.717, 1.165) is 18.9 Å². The summed E-state index contributed by atoms with van der Waals surface area (Å²) >= 11 is 0. The molecular weight excluding hydrogens is 268 g/mol. The summed E-state index contributed by atoms with van der Waals surface area (Å²) < 4.78 is 5.29. The first kappa shape index (κ1) is 14.3. The molecule has 2 heterocycles. The maximum absolute atomic E-state index is 12.4. The van der Waals surface area contributed by atoms with Crippen LogP contribution in [0.2, 0.25) is 0 Å². The van der Waals surface area contributed by atoms with Crippen LogP contribution in [0.4, 0.5) is 5.82 Å². The Kier molecular flexibility index (Phi) is 4.34. The van der Waals surface area contributed by atoms with Crippen molar-refractivity contribution >= 4 is 11.7 Å². The lowest BCUT2D eigenvalue weighted by molar-refractivity contribution is -0.126. The second kappa shape index (κ2) is 6.39. The summed E-state index contributed by atoms with van der Waals surface area (Å²) in [6, 6.07) is 0. The number of nitrogens with one attached hydrogen (secondary N) is 1. The number of anilines is 1. The number of carbonyl (C=O) groups is 1. The number of amides is 1. The van der Waals surface area contributed by atoms with Gasteiger partial charge >= 0.3 is 0 Å². The van der Waals surface area contributed by atoms with Crippen molar-refractivity contribution in [3.63, 3.8) is 0 Å². The lowest BCUT2D eigenvalue weighted by atomic mass is 9.96. The van der Waals surface area contributed by atoms with Crippen LogP contribution >= 0.6 is 0 Å². The van der Waals surface area contributed by atoms with Crippen molar-refractivity contribution in [3.05, 3.63) is 18.6 Å². The minimum Gasteiger partial charge on any atom is -0.384 e. The van der Waals surface area contributed by atoms with E-state index in [-0.39, 0.29) is 17.7 Å². The molecule has 1 saturated carbocycles. The van der Waals surface area contributed by atoms with Gasteiger partial charge in [-0.3, -0.25) is 9.78 Å². The fourth-order valence-electron chi connectivity index (χ4n) is 2.89. The van der Waals surface area contributed by atoms with Gasteiger partial charge in [-0.15, -0.1) is 0 Å². The topological polar surface area (TPSA) is 67.3 Å². The van der Waals surface area contributed by atoms with Gasteiger partial charge < -0.3 is 15.0 Å². The van der Waals surface area contributed by atoms with Crippen molar-refractivity contribution in [1.82, 2.24) is 15.3 Å². The third-order valence-corrected chi connectivity index (χ3v) is 4.29. The monoisotopic (exact) mass is 290 g/mol. The van der Waals surface area contributed by atoms with E-state index >= 15 is 0 Å². The maximum atomic E-state index is 12.4. The smallest absolute Gasteiger partial charge is 0.225 e. The van der Waals surface area contributed by atoms with Crippen LogP contribution in [0.25, 0.3) is 0 Å². The number of carbonyl (C=O) groups excluding carboxylic acids is 1. The van der Waals surface area contributed by atoms with Gasteiger partial charge in [0.2, 0.25) is 5.91 Å². The third kappa shape index (κ3) is 3.50. The van der Waals surface area contributed by atoms with Crippen molar-refractivity contribution in [2.75, 3.05) is 38.3 Å². The molecule has 2 fully saturated rings. The van der Waals surface area contributed by atoms with Crippen LogP contribution in [0.5, 0.6) is 0 Å². The van der Waals surface area contributed by atoms with E-state index in [2.05, 4.69) is 20.2 Å². The van der Waals surface area contributed by atoms with Crippen LogP contribution in [0, 0.1) is 17.8 Å². The first-order chi connectivity index (χ1) is 10.3. The zero-order chi connectivity index (χ0) is 14.7. The fourth-order valence-corrected chi connectivity index (χ4v) is 2.89. The van der Waals surface area contributed by atoms with E-state index in [1.807, 2.05) is 0 Å². The van der Waals surface area contributed by atoms with E-state index in [4.69, 9.17) is 4.74 Å². The van der Waals surface area contributed by atoms with Crippen molar-refractivity contribution in [3.8, 4) is 0 Å². The molecule has 0 radical (unpaired) electrons. The number of rotatable bonds is 6. The summed E-state index contributed by atoms with van der Waals surface area (Å²) in [6.45, 7) is 2.88. The second-order valence-electron chi connectivity index (χ2n) is 5.98. The van der Waals surface area contributed by atoms with E-state index in [1.54, 1.807) is 25.7 Å². The molecule has 0 unspecified atom stereocenters. The van der Waals surface area contributed by atoms with Crippen LogP contribution in [-0.4, -0.2) is 49.2 Å². The molecule has 3 rings (SSSR count). The predicted molar refractivity (Wildman–Crippen MR) is 78.8 cm³/mol. The summed E-state index contributed by atoms with van der Waals surface area (Å²) in [7, 11) is 1.68. The van der Waals surface area contributed by atoms with E-state index in [9.17, 15) is 4.79 Å². The lowest BCUT2D eigenvalue weighted by Crippen LogP contribution is -2.37. The Hall–Kier alpha value is -1.69. The van der Waals surface area contributed by atoms with Crippen LogP contribution in [-0.2, 0) is 9.53 Å². The van der Waals surface area contributed by atoms with Gasteiger partial charge in [-0.05, 0) is 18.8 Å². The zero-order valence-corrected chi connectivity index (χ0v) is 12.4. The molecule has 1 aromatic rings. The molecule has 1 aliphatic heterocycles. The molecule has 0 aromatic carbocycles. The molecule has 6 nitrogen and oxygen atoms in total. The Morgan fingerprint density at radius 1 is 1.43 bits per heavy atom. The predicted octanol–water partition coefficient (Wildman–Crippen LogP) is 0.702. The summed E-state index contributed by atoms with van der Waals surface area (Å²) in [4.78, 5) is 23.0. The normalized spacial score (nSPS) is 25.1. The van der Waals surface area contributed by atoms with Crippen molar-refractivity contribution < 1.29 is 9.53 Å². The van der Waals surface area contributed by atoms with Crippen molar-refractivity contribution in [2.24, 2.45) is 17.8 Å². The van der Waals surface area contributed by atoms with Gasteiger partial charge in [0.15, 0.2) is 0 Å². The van der Waals surface area contributed by atoms with Crippen molar-refractivity contribution in [1.29, 1.82) is 0 Å². The number of aromatic nitrogens is 2. The highest BCUT2D eigenvalue weighted by Crippen LogP contribution is 2.29.